The predicted octanol–water partition coefficient (Wildman–Crippen LogP) is 9.54. The molecule has 3 nitrogen and oxygen atoms in total. The van der Waals surface area contributed by atoms with Crippen LogP contribution in [-0.2, 0) is 5.41 Å². The molecule has 6 aromatic carbocycles. The molecule has 2 heterocycles. The van der Waals surface area contributed by atoms with Gasteiger partial charge in [0.15, 0.2) is 5.84 Å². The largest absolute Gasteiger partial charge is 0.457 e. The summed E-state index contributed by atoms with van der Waals surface area (Å²) in [7, 11) is 0. The van der Waals surface area contributed by atoms with E-state index in [0.29, 0.717) is 6.42 Å². The van der Waals surface area contributed by atoms with Crippen LogP contribution >= 0.6 is 0 Å². The summed E-state index contributed by atoms with van der Waals surface area (Å²) < 4.78 is 6.76. The van der Waals surface area contributed by atoms with Gasteiger partial charge >= 0.3 is 0 Å². The Morgan fingerprint density at radius 1 is 0.523 bits per heavy atom. The molecule has 2 aliphatic heterocycles. The molecule has 0 N–H and O–H groups in total. The van der Waals surface area contributed by atoms with Gasteiger partial charge in [-0.05, 0) is 39.9 Å². The molecule has 0 bridgehead atoms. The second-order valence-electron chi connectivity index (χ2n) is 11.6. The van der Waals surface area contributed by atoms with E-state index in [4.69, 9.17) is 14.7 Å². The van der Waals surface area contributed by atoms with Crippen LogP contribution in [0, 0.1) is 0 Å². The molecule has 3 aliphatic rings. The topological polar surface area (TPSA) is 34.0 Å². The number of amidine groups is 1. The van der Waals surface area contributed by atoms with Gasteiger partial charge in [0.2, 0.25) is 0 Å². The molecule has 1 unspecified atom stereocenters. The van der Waals surface area contributed by atoms with Crippen molar-refractivity contribution < 1.29 is 4.74 Å². The minimum absolute atomic E-state index is 0.0503. The number of fused-ring (bicyclic) bond motifs is 9. The van der Waals surface area contributed by atoms with E-state index >= 15 is 0 Å². The van der Waals surface area contributed by atoms with Crippen molar-refractivity contribution in [3.63, 3.8) is 0 Å². The first kappa shape index (κ1) is 25.0. The summed E-state index contributed by atoms with van der Waals surface area (Å²) in [6, 6.07) is 53.6. The highest BCUT2D eigenvalue weighted by atomic mass is 16.5. The SMILES string of the molecule is c1ccc(C2=NC(c3ccccc3)CC(c3cccc4c3C3(c5ccccc5O4)c4ccccc4-c4ccccc43)=N2)cc1. The monoisotopic (exact) mass is 564 g/mol. The molecular weight excluding hydrogens is 536 g/mol. The highest BCUT2D eigenvalue weighted by molar-refractivity contribution is 6.15. The molecule has 3 heteroatoms. The van der Waals surface area contributed by atoms with E-state index in [9.17, 15) is 0 Å². The van der Waals surface area contributed by atoms with Crippen LogP contribution in [0.4, 0.5) is 0 Å². The molecule has 1 atom stereocenters. The highest BCUT2D eigenvalue weighted by Crippen LogP contribution is 2.62. The van der Waals surface area contributed by atoms with Crippen LogP contribution in [0.5, 0.6) is 11.5 Å². The van der Waals surface area contributed by atoms with Gasteiger partial charge in [0, 0.05) is 28.7 Å². The summed E-state index contributed by atoms with van der Waals surface area (Å²) >= 11 is 0. The quantitative estimate of drug-likeness (QED) is 0.210. The van der Waals surface area contributed by atoms with Gasteiger partial charge in [0.1, 0.15) is 11.5 Å². The number of para-hydroxylation sites is 1. The lowest BCUT2D eigenvalue weighted by Gasteiger charge is -2.41. The first-order valence-electron chi connectivity index (χ1n) is 15.2. The van der Waals surface area contributed by atoms with Gasteiger partial charge in [-0.15, -0.1) is 0 Å². The number of aliphatic imine (C=N–C) groups is 2. The molecule has 44 heavy (non-hydrogen) atoms. The lowest BCUT2D eigenvalue weighted by Crippen LogP contribution is -2.34. The van der Waals surface area contributed by atoms with Crippen LogP contribution in [0.2, 0.25) is 0 Å². The zero-order valence-electron chi connectivity index (χ0n) is 24.0. The lowest BCUT2D eigenvalue weighted by atomic mass is 9.64. The molecule has 1 aliphatic carbocycles. The van der Waals surface area contributed by atoms with E-state index in [1.54, 1.807) is 0 Å². The zero-order valence-corrected chi connectivity index (χ0v) is 24.0. The molecule has 1 spiro atoms. The van der Waals surface area contributed by atoms with E-state index in [1.807, 2.05) is 6.07 Å². The molecule has 0 saturated heterocycles. The van der Waals surface area contributed by atoms with Crippen molar-refractivity contribution in [3.05, 3.63) is 191 Å². The number of rotatable bonds is 3. The first-order valence-corrected chi connectivity index (χ1v) is 15.2. The molecule has 208 valence electrons. The summed E-state index contributed by atoms with van der Waals surface area (Å²) in [4.78, 5) is 10.5. The van der Waals surface area contributed by atoms with Crippen molar-refractivity contribution in [2.24, 2.45) is 9.98 Å². The third-order valence-electron chi connectivity index (χ3n) is 9.30. The second-order valence-corrected chi connectivity index (χ2v) is 11.6. The second kappa shape index (κ2) is 9.75. The first-order chi connectivity index (χ1) is 21.8. The van der Waals surface area contributed by atoms with Crippen molar-refractivity contribution in [2.75, 3.05) is 0 Å². The maximum Gasteiger partial charge on any atom is 0.155 e. The van der Waals surface area contributed by atoms with Crippen LogP contribution in [0.1, 0.15) is 51.4 Å². The Bertz CT molecular complexity index is 2080. The van der Waals surface area contributed by atoms with Gasteiger partial charge in [-0.1, -0.05) is 140 Å². The number of hydrogen-bond donors (Lipinski definition) is 0. The Hall–Kier alpha value is -5.54. The van der Waals surface area contributed by atoms with Crippen LogP contribution in [0.3, 0.4) is 0 Å². The van der Waals surface area contributed by atoms with Gasteiger partial charge in [0.25, 0.3) is 0 Å². The van der Waals surface area contributed by atoms with E-state index in [2.05, 4.69) is 146 Å². The zero-order chi connectivity index (χ0) is 29.1. The number of hydrogen-bond acceptors (Lipinski definition) is 3. The fourth-order valence-electron chi connectivity index (χ4n) is 7.50. The van der Waals surface area contributed by atoms with E-state index in [-0.39, 0.29) is 6.04 Å². The lowest BCUT2D eigenvalue weighted by molar-refractivity contribution is 0.436. The molecule has 6 aromatic rings. The third-order valence-corrected chi connectivity index (χ3v) is 9.30. The molecule has 0 saturated carbocycles. The van der Waals surface area contributed by atoms with Gasteiger partial charge in [-0.3, -0.25) is 4.99 Å². The van der Waals surface area contributed by atoms with Gasteiger partial charge < -0.3 is 4.74 Å². The number of ether oxygens (including phenoxy) is 1. The van der Waals surface area contributed by atoms with Crippen molar-refractivity contribution in [3.8, 4) is 22.6 Å². The Morgan fingerprint density at radius 3 is 1.82 bits per heavy atom. The van der Waals surface area contributed by atoms with Crippen LogP contribution in [-0.4, -0.2) is 11.5 Å². The summed E-state index contributed by atoms with van der Waals surface area (Å²) in [6.07, 6.45) is 0.692. The molecule has 0 aromatic heterocycles. The Labute approximate surface area is 256 Å². The number of nitrogens with zero attached hydrogens (tertiary/aromatic N) is 2. The summed E-state index contributed by atoms with van der Waals surface area (Å²) in [6.45, 7) is 0. The Morgan fingerprint density at radius 2 is 1.09 bits per heavy atom. The minimum Gasteiger partial charge on any atom is -0.457 e. The van der Waals surface area contributed by atoms with Crippen LogP contribution in [0.25, 0.3) is 11.1 Å². The minimum atomic E-state index is -0.555. The van der Waals surface area contributed by atoms with E-state index in [0.717, 1.165) is 45.3 Å². The number of benzene rings is 6. The van der Waals surface area contributed by atoms with Crippen LogP contribution < -0.4 is 4.74 Å². The average molecular weight is 565 g/mol. The fourth-order valence-corrected chi connectivity index (χ4v) is 7.50. The van der Waals surface area contributed by atoms with Gasteiger partial charge in [-0.2, -0.15) is 0 Å². The van der Waals surface area contributed by atoms with Crippen molar-refractivity contribution in [1.82, 2.24) is 0 Å². The van der Waals surface area contributed by atoms with E-state index < -0.39 is 5.41 Å². The fraction of sp³-hybridized carbons (Fsp3) is 0.0732. The summed E-state index contributed by atoms with van der Waals surface area (Å²) in [5, 5.41) is 0. The molecule has 0 fully saturated rings. The van der Waals surface area contributed by atoms with Gasteiger partial charge in [-0.25, -0.2) is 4.99 Å². The third kappa shape index (κ3) is 3.56. The normalized spacial score (nSPS) is 17.0. The molecule has 0 amide bonds. The van der Waals surface area contributed by atoms with Crippen molar-refractivity contribution >= 4 is 11.5 Å². The summed E-state index contributed by atoms with van der Waals surface area (Å²) in [5.41, 5.74) is 11.2. The summed E-state index contributed by atoms with van der Waals surface area (Å²) in [5.74, 6) is 2.52. The van der Waals surface area contributed by atoms with Crippen molar-refractivity contribution in [1.29, 1.82) is 0 Å². The average Bonchev–Trinajstić information content (AvgIpc) is 3.39. The van der Waals surface area contributed by atoms with Crippen molar-refractivity contribution in [2.45, 2.75) is 17.9 Å². The maximum atomic E-state index is 6.76. The molecule has 0 radical (unpaired) electrons. The highest BCUT2D eigenvalue weighted by Gasteiger charge is 2.52. The standard InChI is InChI=1S/C41H28N2O/c1-3-14-27(15-4-1)35-26-36(43-40(42-35)28-16-5-2-6-17-28)31-20-13-25-38-39(31)41(34-23-11-12-24-37(34)44-38)32-21-9-7-18-29(32)30-19-8-10-22-33(30)41/h1-25,35H,26H2. The maximum absolute atomic E-state index is 6.76. The Balaban J connectivity index is 1.34. The predicted molar refractivity (Wildman–Crippen MR) is 177 cm³/mol. The van der Waals surface area contributed by atoms with E-state index in [1.165, 1.54) is 27.8 Å². The molecule has 9 rings (SSSR count). The van der Waals surface area contributed by atoms with Gasteiger partial charge in [0.05, 0.1) is 17.2 Å². The molecular formula is C41H28N2O. The smallest absolute Gasteiger partial charge is 0.155 e. The Kier molecular flexibility index (Phi) is 5.54. The van der Waals surface area contributed by atoms with Crippen LogP contribution in [0.15, 0.2) is 162 Å².